The van der Waals surface area contributed by atoms with Crippen molar-refractivity contribution in [3.05, 3.63) is 45.8 Å². The van der Waals surface area contributed by atoms with Gasteiger partial charge in [-0.25, -0.2) is 0 Å². The van der Waals surface area contributed by atoms with Gasteiger partial charge in [0, 0.05) is 10.5 Å². The van der Waals surface area contributed by atoms with Crippen LogP contribution in [-0.2, 0) is 16.0 Å². The van der Waals surface area contributed by atoms with Crippen molar-refractivity contribution in [3.8, 4) is 0 Å². The number of benzene rings is 1. The van der Waals surface area contributed by atoms with Crippen LogP contribution in [0.5, 0.6) is 0 Å². The molecule has 0 aliphatic heterocycles. The molecule has 1 aromatic rings. The molecule has 21 heavy (non-hydrogen) atoms. The van der Waals surface area contributed by atoms with E-state index >= 15 is 0 Å². The van der Waals surface area contributed by atoms with E-state index in [-0.39, 0.29) is 6.42 Å². The molecule has 0 aromatic heterocycles. The van der Waals surface area contributed by atoms with Crippen molar-refractivity contribution in [3.63, 3.8) is 0 Å². The molecule has 0 radical (unpaired) electrons. The Balaban J connectivity index is 2.48. The molecule has 0 saturated heterocycles. The number of Topliss-reactive ketones (excluding diaryl/α,β-unsaturated/α-hetero) is 1. The fraction of sp³-hybridized carbons (Fsp3) is 0.467. The Labute approximate surface area is 122 Å². The molecule has 0 heterocycles. The Kier molecular flexibility index (Phi) is 3.75. The van der Waals surface area contributed by atoms with Crippen molar-refractivity contribution in [2.24, 2.45) is 5.11 Å². The van der Waals surface area contributed by atoms with Gasteiger partial charge < -0.3 is 4.74 Å². The number of ether oxygens (including phenoxy) is 1. The molecule has 110 valence electrons. The van der Waals surface area contributed by atoms with E-state index in [1.807, 2.05) is 12.1 Å². The van der Waals surface area contributed by atoms with E-state index in [9.17, 15) is 9.59 Å². The quantitative estimate of drug-likeness (QED) is 0.275. The molecule has 1 aromatic carbocycles. The molecule has 2 rings (SSSR count). The summed E-state index contributed by atoms with van der Waals surface area (Å²) in [6, 6.07) is 7.03. The number of hydrogen-bond donors (Lipinski definition) is 0. The molecule has 1 aliphatic carbocycles. The summed E-state index contributed by atoms with van der Waals surface area (Å²) in [5.41, 5.74) is 7.52. The van der Waals surface area contributed by atoms with Gasteiger partial charge in [-0.15, -0.1) is 0 Å². The van der Waals surface area contributed by atoms with Gasteiger partial charge in [0.2, 0.25) is 5.54 Å². The molecule has 1 unspecified atom stereocenters. The Morgan fingerprint density at radius 2 is 2.05 bits per heavy atom. The second-order valence-electron chi connectivity index (χ2n) is 6.04. The predicted molar refractivity (Wildman–Crippen MR) is 76.8 cm³/mol. The molecule has 0 amide bonds. The van der Waals surface area contributed by atoms with Crippen LogP contribution in [0.1, 0.15) is 43.1 Å². The van der Waals surface area contributed by atoms with Gasteiger partial charge in [-0.2, -0.15) is 0 Å². The van der Waals surface area contributed by atoms with E-state index in [1.54, 1.807) is 32.9 Å². The molecule has 0 saturated carbocycles. The lowest BCUT2D eigenvalue weighted by Crippen LogP contribution is -2.50. The number of azide groups is 1. The molecule has 6 nitrogen and oxygen atoms in total. The zero-order chi connectivity index (χ0) is 15.7. The molecule has 0 bridgehead atoms. The largest absolute Gasteiger partial charge is 0.459 e. The van der Waals surface area contributed by atoms with Gasteiger partial charge in [0.25, 0.3) is 0 Å². The van der Waals surface area contributed by atoms with Gasteiger partial charge in [0.15, 0.2) is 5.78 Å². The summed E-state index contributed by atoms with van der Waals surface area (Å²) in [4.78, 5) is 27.8. The lowest BCUT2D eigenvalue weighted by Gasteiger charge is -2.33. The number of ketones is 1. The van der Waals surface area contributed by atoms with Crippen LogP contribution >= 0.6 is 0 Å². The molecule has 6 heteroatoms. The maximum atomic E-state index is 12.7. The minimum Gasteiger partial charge on any atom is -0.459 e. The maximum Gasteiger partial charge on any atom is 0.326 e. The minimum absolute atomic E-state index is 0.127. The summed E-state index contributed by atoms with van der Waals surface area (Å²) in [6.07, 6.45) is 0.613. The van der Waals surface area contributed by atoms with Crippen molar-refractivity contribution in [2.75, 3.05) is 0 Å². The number of rotatable bonds is 2. The number of esters is 1. The highest BCUT2D eigenvalue weighted by Gasteiger charge is 2.50. The molecule has 0 spiro atoms. The molecule has 0 fully saturated rings. The van der Waals surface area contributed by atoms with Crippen LogP contribution in [0.25, 0.3) is 10.4 Å². The Morgan fingerprint density at radius 3 is 2.67 bits per heavy atom. The van der Waals surface area contributed by atoms with Crippen LogP contribution in [0.2, 0.25) is 0 Å². The third-order valence-electron chi connectivity index (χ3n) is 3.35. The number of aryl methyl sites for hydroxylation is 1. The highest BCUT2D eigenvalue weighted by atomic mass is 16.6. The maximum absolute atomic E-state index is 12.7. The Bertz CT molecular complexity index is 642. The first-order valence-corrected chi connectivity index (χ1v) is 6.72. The van der Waals surface area contributed by atoms with Gasteiger partial charge in [0.1, 0.15) is 5.60 Å². The minimum atomic E-state index is -1.80. The van der Waals surface area contributed by atoms with Crippen LogP contribution in [0.15, 0.2) is 29.4 Å². The summed E-state index contributed by atoms with van der Waals surface area (Å²) in [7, 11) is 0. The average Bonchev–Trinajstić information content (AvgIpc) is 2.40. The smallest absolute Gasteiger partial charge is 0.326 e. The summed E-state index contributed by atoms with van der Waals surface area (Å²) in [6.45, 7) is 5.11. The van der Waals surface area contributed by atoms with E-state index in [4.69, 9.17) is 10.3 Å². The van der Waals surface area contributed by atoms with Crippen LogP contribution in [0.3, 0.4) is 0 Å². The summed E-state index contributed by atoms with van der Waals surface area (Å²) in [5.74, 6) is -1.27. The normalized spacial score (nSPS) is 21.2. The van der Waals surface area contributed by atoms with Crippen molar-refractivity contribution in [2.45, 2.75) is 44.8 Å². The van der Waals surface area contributed by atoms with E-state index in [0.717, 1.165) is 5.56 Å². The van der Waals surface area contributed by atoms with Crippen molar-refractivity contribution < 1.29 is 14.3 Å². The number of fused-ring (bicyclic) bond motifs is 1. The zero-order valence-corrected chi connectivity index (χ0v) is 12.3. The lowest BCUT2D eigenvalue weighted by molar-refractivity contribution is -0.159. The van der Waals surface area contributed by atoms with Crippen molar-refractivity contribution in [1.29, 1.82) is 0 Å². The van der Waals surface area contributed by atoms with E-state index in [0.29, 0.717) is 12.0 Å². The number of nitrogens with zero attached hydrogens (tertiary/aromatic N) is 3. The highest BCUT2D eigenvalue weighted by molar-refractivity contribution is 6.18. The monoisotopic (exact) mass is 287 g/mol. The van der Waals surface area contributed by atoms with Crippen molar-refractivity contribution >= 4 is 11.8 Å². The predicted octanol–water partition coefficient (Wildman–Crippen LogP) is 3.21. The van der Waals surface area contributed by atoms with Crippen LogP contribution in [-0.4, -0.2) is 22.9 Å². The number of hydrogen-bond acceptors (Lipinski definition) is 4. The first-order valence-electron chi connectivity index (χ1n) is 6.72. The SMILES string of the molecule is CC(C)(C)OC(=O)C1(N=[N+]=[N-])CCc2ccccc2C1=O. The molecule has 1 aliphatic rings. The third-order valence-corrected chi connectivity index (χ3v) is 3.35. The summed E-state index contributed by atoms with van der Waals surface area (Å²) in [5, 5.41) is 3.54. The summed E-state index contributed by atoms with van der Waals surface area (Å²) < 4.78 is 5.29. The number of carbonyl (C=O) groups excluding carboxylic acids is 2. The molecular weight excluding hydrogens is 270 g/mol. The average molecular weight is 287 g/mol. The van der Waals surface area contributed by atoms with Crippen LogP contribution in [0.4, 0.5) is 0 Å². The van der Waals surface area contributed by atoms with Crippen LogP contribution < -0.4 is 0 Å². The van der Waals surface area contributed by atoms with Crippen LogP contribution in [0, 0.1) is 0 Å². The lowest BCUT2D eigenvalue weighted by atomic mass is 9.77. The summed E-state index contributed by atoms with van der Waals surface area (Å²) >= 11 is 0. The molecular formula is C15H17N3O3. The second-order valence-corrected chi connectivity index (χ2v) is 6.04. The first-order chi connectivity index (χ1) is 9.80. The topological polar surface area (TPSA) is 92.1 Å². The Hall–Kier alpha value is -2.33. The van der Waals surface area contributed by atoms with Gasteiger partial charge >= 0.3 is 5.97 Å². The highest BCUT2D eigenvalue weighted by Crippen LogP contribution is 2.34. The van der Waals surface area contributed by atoms with E-state index in [2.05, 4.69) is 10.0 Å². The zero-order valence-electron chi connectivity index (χ0n) is 12.3. The van der Waals surface area contributed by atoms with Gasteiger partial charge in [-0.3, -0.25) is 9.59 Å². The standard InChI is InChI=1S/C15H17N3O3/c1-14(2,3)21-13(20)15(17-18-16)9-8-10-6-4-5-7-11(10)12(15)19/h4-7H,8-9H2,1-3H3. The van der Waals surface area contributed by atoms with E-state index in [1.165, 1.54) is 0 Å². The van der Waals surface area contributed by atoms with E-state index < -0.39 is 22.9 Å². The van der Waals surface area contributed by atoms with Gasteiger partial charge in [-0.1, -0.05) is 29.4 Å². The molecule has 1 atom stereocenters. The first kappa shape index (κ1) is 15.1. The fourth-order valence-corrected chi connectivity index (χ4v) is 2.38. The van der Waals surface area contributed by atoms with Crippen molar-refractivity contribution in [1.82, 2.24) is 0 Å². The molecule has 0 N–H and O–H groups in total. The van der Waals surface area contributed by atoms with Gasteiger partial charge in [0.05, 0.1) is 0 Å². The van der Waals surface area contributed by atoms with Gasteiger partial charge in [-0.05, 0) is 44.7 Å². The second kappa shape index (κ2) is 5.22. The fourth-order valence-electron chi connectivity index (χ4n) is 2.38. The Morgan fingerprint density at radius 1 is 1.38 bits per heavy atom. The third kappa shape index (κ3) is 2.76. The number of carbonyl (C=O) groups is 2.